The van der Waals surface area contributed by atoms with Gasteiger partial charge < -0.3 is 15.3 Å². The first-order chi connectivity index (χ1) is 18.6. The number of fused-ring (bicyclic) bond motifs is 1. The number of anilines is 1. The Labute approximate surface area is 225 Å². The van der Waals surface area contributed by atoms with Crippen LogP contribution in [0.15, 0.2) is 61.1 Å². The van der Waals surface area contributed by atoms with Crippen molar-refractivity contribution in [3.05, 3.63) is 89.5 Å². The van der Waals surface area contributed by atoms with Crippen molar-refractivity contribution >= 4 is 29.1 Å². The van der Waals surface area contributed by atoms with Gasteiger partial charge in [0.2, 0.25) is 12.0 Å². The molecule has 204 valence electrons. The number of nitrogens with one attached hydrogen (secondary N) is 1. The van der Waals surface area contributed by atoms with Crippen LogP contribution >= 0.6 is 11.6 Å². The minimum Gasteiger partial charge on any atom is -0.370 e. The number of para-hydroxylation sites is 1. The molecule has 0 unspecified atom stereocenters. The number of aromatic nitrogens is 2. The number of benzene rings is 1. The van der Waals surface area contributed by atoms with E-state index in [4.69, 9.17) is 11.6 Å². The topological polar surface area (TPSA) is 95.4 Å². The summed E-state index contributed by atoms with van der Waals surface area (Å²) in [6.45, 7) is -0.267. The monoisotopic (exact) mass is 562 g/mol. The molecule has 12 heteroatoms. The summed E-state index contributed by atoms with van der Waals surface area (Å²) in [6, 6.07) is 8.01. The molecule has 1 saturated carbocycles. The van der Waals surface area contributed by atoms with Crippen LogP contribution in [0.4, 0.5) is 23.2 Å². The molecular weight excluding hydrogens is 540 g/mol. The van der Waals surface area contributed by atoms with Crippen molar-refractivity contribution in [3.63, 3.8) is 0 Å². The van der Waals surface area contributed by atoms with Gasteiger partial charge in [-0.25, -0.2) is 17.6 Å². The van der Waals surface area contributed by atoms with E-state index in [0.29, 0.717) is 0 Å². The van der Waals surface area contributed by atoms with Crippen LogP contribution in [0, 0.1) is 23.5 Å². The smallest absolute Gasteiger partial charge is 0.270 e. The van der Waals surface area contributed by atoms with Gasteiger partial charge in [-0.15, -0.1) is 11.6 Å². The number of carbonyl (C=O) groups excluding carboxylic acids is 2. The van der Waals surface area contributed by atoms with E-state index in [-0.39, 0.29) is 41.9 Å². The number of pyridine rings is 2. The van der Waals surface area contributed by atoms with Gasteiger partial charge in [0.25, 0.3) is 11.8 Å². The Morgan fingerprint density at radius 2 is 1.95 bits per heavy atom. The standard InChI is InChI=1S/C27H23ClF4N4O3/c28-19-10-21(35-25(37)14-3-2-8-33-11-14)17(24(31)32)9-15(19)13-36-23-18(4-1-5-20(23)30)27(39,26(36)38)22-7-6-16(29)12-34-22/h1-8,11-12,15,17,19,21,24,39H,9-10,13H2,(H,35,37)/t15-,17-,19-,21-,27-/m1/s1. The summed E-state index contributed by atoms with van der Waals surface area (Å²) in [5, 5.41) is 13.4. The highest BCUT2D eigenvalue weighted by molar-refractivity contribution is 6.21. The number of rotatable bonds is 6. The molecule has 5 rings (SSSR count). The van der Waals surface area contributed by atoms with Gasteiger partial charge >= 0.3 is 0 Å². The minimum absolute atomic E-state index is 0.0246. The quantitative estimate of drug-likeness (QED) is 0.349. The van der Waals surface area contributed by atoms with Gasteiger partial charge in [0.1, 0.15) is 11.6 Å². The number of nitrogens with zero attached hydrogens (tertiary/aromatic N) is 3. The summed E-state index contributed by atoms with van der Waals surface area (Å²) in [6.07, 6.45) is 0.610. The van der Waals surface area contributed by atoms with E-state index in [1.807, 2.05) is 0 Å². The summed E-state index contributed by atoms with van der Waals surface area (Å²) in [7, 11) is 0. The van der Waals surface area contributed by atoms with Crippen LogP contribution in [0.1, 0.15) is 34.5 Å². The van der Waals surface area contributed by atoms with Crippen LogP contribution in [-0.4, -0.2) is 51.3 Å². The maximum atomic E-state index is 15.1. The molecule has 1 fully saturated rings. The van der Waals surface area contributed by atoms with E-state index in [9.17, 15) is 27.9 Å². The number of amides is 2. The molecule has 7 nitrogen and oxygen atoms in total. The predicted octanol–water partition coefficient (Wildman–Crippen LogP) is 4.03. The summed E-state index contributed by atoms with van der Waals surface area (Å²) in [5.41, 5.74) is -2.73. The molecule has 1 aromatic carbocycles. The van der Waals surface area contributed by atoms with Gasteiger partial charge in [-0.1, -0.05) is 12.1 Å². The van der Waals surface area contributed by atoms with E-state index < -0.39 is 58.7 Å². The second kappa shape index (κ2) is 10.5. The molecule has 2 aliphatic rings. The Balaban J connectivity index is 1.41. The van der Waals surface area contributed by atoms with Crippen molar-refractivity contribution in [1.29, 1.82) is 0 Å². The number of alkyl halides is 3. The van der Waals surface area contributed by atoms with Gasteiger partial charge in [0, 0.05) is 41.8 Å². The van der Waals surface area contributed by atoms with Crippen LogP contribution < -0.4 is 10.2 Å². The predicted molar refractivity (Wildman–Crippen MR) is 133 cm³/mol. The number of hydrogen-bond acceptors (Lipinski definition) is 5. The highest BCUT2D eigenvalue weighted by atomic mass is 35.5. The zero-order valence-electron chi connectivity index (χ0n) is 20.3. The van der Waals surface area contributed by atoms with Gasteiger partial charge in [-0.05, 0) is 49.1 Å². The van der Waals surface area contributed by atoms with Gasteiger partial charge in [-0.3, -0.25) is 19.6 Å². The van der Waals surface area contributed by atoms with E-state index in [1.165, 1.54) is 30.6 Å². The zero-order valence-corrected chi connectivity index (χ0v) is 21.0. The summed E-state index contributed by atoms with van der Waals surface area (Å²) >= 11 is 6.62. The van der Waals surface area contributed by atoms with E-state index in [2.05, 4.69) is 15.3 Å². The third kappa shape index (κ3) is 4.85. The molecule has 3 heterocycles. The fourth-order valence-electron chi connectivity index (χ4n) is 5.39. The Morgan fingerprint density at radius 3 is 2.62 bits per heavy atom. The molecule has 39 heavy (non-hydrogen) atoms. The van der Waals surface area contributed by atoms with E-state index >= 15 is 4.39 Å². The summed E-state index contributed by atoms with van der Waals surface area (Å²) in [4.78, 5) is 34.9. The van der Waals surface area contributed by atoms with Crippen LogP contribution in [-0.2, 0) is 10.4 Å². The van der Waals surface area contributed by atoms with Crippen LogP contribution in [0.3, 0.4) is 0 Å². The van der Waals surface area contributed by atoms with Gasteiger partial charge in [0.05, 0.1) is 23.1 Å². The second-order valence-corrected chi connectivity index (χ2v) is 10.3. The fourth-order valence-corrected chi connectivity index (χ4v) is 5.77. The normalized spacial score (nSPS) is 26.5. The van der Waals surface area contributed by atoms with E-state index in [0.717, 1.165) is 29.3 Å². The largest absolute Gasteiger partial charge is 0.370 e. The first-order valence-electron chi connectivity index (χ1n) is 12.2. The molecule has 3 aromatic rings. The van der Waals surface area contributed by atoms with Crippen molar-refractivity contribution in [3.8, 4) is 0 Å². The molecule has 2 N–H and O–H groups in total. The lowest BCUT2D eigenvalue weighted by Gasteiger charge is -2.40. The Morgan fingerprint density at radius 1 is 1.15 bits per heavy atom. The molecule has 2 amide bonds. The molecule has 0 bridgehead atoms. The molecule has 0 radical (unpaired) electrons. The molecule has 2 aromatic heterocycles. The van der Waals surface area contributed by atoms with Crippen LogP contribution in [0.5, 0.6) is 0 Å². The number of aliphatic hydroxyl groups is 1. The highest BCUT2D eigenvalue weighted by Crippen LogP contribution is 2.47. The number of hydrogen-bond donors (Lipinski definition) is 2. The van der Waals surface area contributed by atoms with Crippen LogP contribution in [0.25, 0.3) is 0 Å². The molecular formula is C27H23ClF4N4O3. The van der Waals surface area contributed by atoms with Crippen molar-refractivity contribution in [2.75, 3.05) is 11.4 Å². The molecule has 0 saturated heterocycles. The Hall–Kier alpha value is -3.57. The lowest BCUT2D eigenvalue weighted by molar-refractivity contribution is -0.132. The van der Waals surface area contributed by atoms with Crippen molar-refractivity contribution in [1.82, 2.24) is 15.3 Å². The SMILES string of the molecule is O=C(N[C@@H]1C[C@@H](Cl)[C@@H](CN2C(=O)[C@](O)(c3ccc(F)cn3)c3cccc(F)c32)C[C@H]1C(F)F)c1cccnc1. The fraction of sp³-hybridized carbons (Fsp3) is 0.333. The third-order valence-electron chi connectivity index (χ3n) is 7.36. The molecule has 1 aliphatic carbocycles. The maximum absolute atomic E-state index is 15.1. The highest BCUT2D eigenvalue weighted by Gasteiger charge is 2.54. The minimum atomic E-state index is -2.81. The molecule has 0 spiro atoms. The first-order valence-corrected chi connectivity index (χ1v) is 12.6. The third-order valence-corrected chi connectivity index (χ3v) is 7.90. The summed E-state index contributed by atoms with van der Waals surface area (Å²) in [5.74, 6) is -5.04. The Bertz CT molecular complexity index is 1380. The second-order valence-electron chi connectivity index (χ2n) is 9.69. The average Bonchev–Trinajstić information content (AvgIpc) is 3.14. The van der Waals surface area contributed by atoms with Crippen LogP contribution in [0.2, 0.25) is 0 Å². The summed E-state index contributed by atoms with van der Waals surface area (Å²) < 4.78 is 56.9. The lowest BCUT2D eigenvalue weighted by atomic mass is 9.77. The molecule has 1 aliphatic heterocycles. The maximum Gasteiger partial charge on any atom is 0.270 e. The zero-order chi connectivity index (χ0) is 27.9. The number of carbonyl (C=O) groups is 2. The van der Waals surface area contributed by atoms with Crippen molar-refractivity contribution in [2.24, 2.45) is 11.8 Å². The average molecular weight is 563 g/mol. The van der Waals surface area contributed by atoms with Gasteiger partial charge in [0.15, 0.2) is 0 Å². The lowest BCUT2D eigenvalue weighted by Crippen LogP contribution is -2.52. The molecule has 5 atom stereocenters. The van der Waals surface area contributed by atoms with Crippen molar-refractivity contribution in [2.45, 2.75) is 36.3 Å². The Kier molecular flexibility index (Phi) is 7.30. The van der Waals surface area contributed by atoms with Gasteiger partial charge in [-0.2, -0.15) is 0 Å². The van der Waals surface area contributed by atoms with E-state index in [1.54, 1.807) is 6.07 Å². The first kappa shape index (κ1) is 27.0. The van der Waals surface area contributed by atoms with Crippen molar-refractivity contribution < 1.29 is 32.3 Å². The number of halogens is 5.